The van der Waals surface area contributed by atoms with Gasteiger partial charge in [0.05, 0.1) is 17.0 Å². The van der Waals surface area contributed by atoms with E-state index in [0.717, 1.165) is 39.1 Å². The molecule has 0 aliphatic heterocycles. The molecule has 0 atom stereocenters. The molecule has 3 aromatic carbocycles. The van der Waals surface area contributed by atoms with Crippen LogP contribution in [0.3, 0.4) is 0 Å². The van der Waals surface area contributed by atoms with Crippen LogP contribution < -0.4 is 10.2 Å². The van der Waals surface area contributed by atoms with Crippen molar-refractivity contribution < 1.29 is 13.9 Å². The summed E-state index contributed by atoms with van der Waals surface area (Å²) < 4.78 is 11.0. The van der Waals surface area contributed by atoms with E-state index in [1.54, 1.807) is 24.4 Å². The fourth-order valence-corrected chi connectivity index (χ4v) is 4.41. The van der Waals surface area contributed by atoms with E-state index >= 15 is 0 Å². The average molecular weight is 526 g/mol. The summed E-state index contributed by atoms with van der Waals surface area (Å²) in [5.74, 6) is 0.460. The van der Waals surface area contributed by atoms with Crippen molar-refractivity contribution >= 4 is 68.9 Å². The minimum Gasteiger partial charge on any atom is -0.482 e. The van der Waals surface area contributed by atoms with Gasteiger partial charge in [0.25, 0.3) is 17.0 Å². The van der Waals surface area contributed by atoms with E-state index in [0.29, 0.717) is 15.8 Å². The minimum atomic E-state index is -0.302. The third-order valence-electron chi connectivity index (χ3n) is 4.95. The number of ether oxygens (including phenoxy) is 1. The molecule has 0 saturated carbocycles. The molecule has 0 spiro atoms. The lowest BCUT2D eigenvalue weighted by atomic mass is 10.1. The number of hydrogen-bond acceptors (Lipinski definition) is 7. The summed E-state index contributed by atoms with van der Waals surface area (Å²) in [6.07, 6.45) is 1.60. The lowest BCUT2D eigenvalue weighted by molar-refractivity contribution is -0.118. The Morgan fingerprint density at radius 3 is 2.83 bits per heavy atom. The number of benzene rings is 3. The van der Waals surface area contributed by atoms with E-state index in [1.165, 1.54) is 0 Å². The molecule has 11 heteroatoms. The third-order valence-corrected chi connectivity index (χ3v) is 6.30. The summed E-state index contributed by atoms with van der Waals surface area (Å²) in [7, 11) is 0. The van der Waals surface area contributed by atoms with Crippen LogP contribution in [0.5, 0.6) is 5.75 Å². The van der Waals surface area contributed by atoms with Gasteiger partial charge in [-0.1, -0.05) is 59.2 Å². The Hall–Kier alpha value is -3.53. The zero-order valence-corrected chi connectivity index (χ0v) is 20.3. The standard InChI is InChI=1S/C24H17Cl2N5O3S/c25-15-6-8-21(18(26)10-15)33-12-23-30-31-24(34-23)35-13-22(32)29-27-11-14-5-7-20-17(9-14)16-3-1-2-4-19(16)28-20/h1-11,28H,12-13H2,(H,29,32)/b27-11-. The highest BCUT2D eigenvalue weighted by Gasteiger charge is 2.11. The Labute approximate surface area is 213 Å². The van der Waals surface area contributed by atoms with Gasteiger partial charge < -0.3 is 14.1 Å². The number of H-pyrrole nitrogens is 1. The quantitative estimate of drug-likeness (QED) is 0.150. The Morgan fingerprint density at radius 2 is 1.94 bits per heavy atom. The van der Waals surface area contributed by atoms with Crippen LogP contribution in [0.15, 0.2) is 75.4 Å². The van der Waals surface area contributed by atoms with Crippen LogP contribution in [0.2, 0.25) is 10.0 Å². The fourth-order valence-electron chi connectivity index (χ4n) is 3.37. The highest BCUT2D eigenvalue weighted by Crippen LogP contribution is 2.28. The third kappa shape index (κ3) is 5.59. The van der Waals surface area contributed by atoms with Crippen molar-refractivity contribution in [2.75, 3.05) is 5.75 Å². The number of carbonyl (C=O) groups is 1. The lowest BCUT2D eigenvalue weighted by Gasteiger charge is -2.05. The SMILES string of the molecule is O=C(CSc1nnc(COc2ccc(Cl)cc2Cl)o1)N/N=C\c1ccc2[nH]c3ccccc3c2c1. The molecule has 5 aromatic rings. The molecule has 0 radical (unpaired) electrons. The number of rotatable bonds is 8. The van der Waals surface area contributed by atoms with Crippen molar-refractivity contribution in [1.82, 2.24) is 20.6 Å². The molecular weight excluding hydrogens is 509 g/mol. The number of hydrogen-bond donors (Lipinski definition) is 2. The highest BCUT2D eigenvalue weighted by atomic mass is 35.5. The van der Waals surface area contributed by atoms with Crippen molar-refractivity contribution in [1.29, 1.82) is 0 Å². The highest BCUT2D eigenvalue weighted by molar-refractivity contribution is 7.99. The maximum absolute atomic E-state index is 12.1. The summed E-state index contributed by atoms with van der Waals surface area (Å²) in [6.45, 7) is 0.0339. The number of hydrazone groups is 1. The van der Waals surface area contributed by atoms with Crippen LogP contribution in [-0.4, -0.2) is 33.1 Å². The van der Waals surface area contributed by atoms with Gasteiger partial charge >= 0.3 is 0 Å². The number of aromatic nitrogens is 3. The van der Waals surface area contributed by atoms with Gasteiger partial charge in [-0.3, -0.25) is 4.79 Å². The number of carbonyl (C=O) groups excluding carboxylic acids is 1. The number of halogens is 2. The second-order valence-corrected chi connectivity index (χ2v) is 9.15. The van der Waals surface area contributed by atoms with Crippen molar-refractivity contribution in [2.45, 2.75) is 11.8 Å². The van der Waals surface area contributed by atoms with E-state index in [-0.39, 0.29) is 29.4 Å². The van der Waals surface area contributed by atoms with Crippen LogP contribution in [-0.2, 0) is 11.4 Å². The van der Waals surface area contributed by atoms with Gasteiger partial charge in [0.1, 0.15) is 5.75 Å². The molecule has 0 fully saturated rings. The molecule has 0 saturated heterocycles. The number of amides is 1. The number of nitrogens with zero attached hydrogens (tertiary/aromatic N) is 3. The van der Waals surface area contributed by atoms with E-state index in [9.17, 15) is 4.79 Å². The van der Waals surface area contributed by atoms with Crippen molar-refractivity contribution in [3.8, 4) is 5.75 Å². The molecule has 0 unspecified atom stereocenters. The van der Waals surface area contributed by atoms with Gasteiger partial charge in [0.2, 0.25) is 0 Å². The summed E-state index contributed by atoms with van der Waals surface area (Å²) in [5, 5.41) is 15.2. The number of para-hydroxylation sites is 1. The largest absolute Gasteiger partial charge is 0.482 e. The predicted molar refractivity (Wildman–Crippen MR) is 137 cm³/mol. The fraction of sp³-hybridized carbons (Fsp3) is 0.0833. The summed E-state index contributed by atoms with van der Waals surface area (Å²) in [6, 6.07) is 18.9. The first-order valence-electron chi connectivity index (χ1n) is 10.4. The molecule has 0 aliphatic rings. The lowest BCUT2D eigenvalue weighted by Crippen LogP contribution is -2.19. The van der Waals surface area contributed by atoms with Crippen LogP contribution in [0.4, 0.5) is 0 Å². The maximum atomic E-state index is 12.1. The van der Waals surface area contributed by atoms with Gasteiger partial charge in [-0.2, -0.15) is 5.10 Å². The molecule has 2 heterocycles. The Morgan fingerprint density at radius 1 is 1.09 bits per heavy atom. The second kappa shape index (κ2) is 10.4. The van der Waals surface area contributed by atoms with Crippen LogP contribution in [0.1, 0.15) is 11.5 Å². The number of nitrogens with one attached hydrogen (secondary N) is 2. The summed E-state index contributed by atoms with van der Waals surface area (Å²) in [4.78, 5) is 15.5. The second-order valence-electron chi connectivity index (χ2n) is 7.38. The molecule has 8 nitrogen and oxygen atoms in total. The predicted octanol–water partition coefficient (Wildman–Crippen LogP) is 5.83. The Bertz CT molecular complexity index is 1550. The first-order valence-corrected chi connectivity index (χ1v) is 12.1. The first kappa shape index (κ1) is 23.2. The normalized spacial score (nSPS) is 11.5. The van der Waals surface area contributed by atoms with Gasteiger partial charge in [-0.05, 0) is 42.0 Å². The van der Waals surface area contributed by atoms with Gasteiger partial charge in [0, 0.05) is 26.8 Å². The van der Waals surface area contributed by atoms with Crippen LogP contribution >= 0.6 is 35.0 Å². The Balaban J connectivity index is 1.11. The van der Waals surface area contributed by atoms with Gasteiger partial charge in [0.15, 0.2) is 6.61 Å². The molecule has 0 bridgehead atoms. The maximum Gasteiger partial charge on any atom is 0.277 e. The average Bonchev–Trinajstić information content (AvgIpc) is 3.46. The number of fused-ring (bicyclic) bond motifs is 3. The molecular formula is C24H17Cl2N5O3S. The monoisotopic (exact) mass is 525 g/mol. The van der Waals surface area contributed by atoms with E-state index < -0.39 is 0 Å². The molecule has 1 amide bonds. The van der Waals surface area contributed by atoms with E-state index in [2.05, 4.69) is 31.8 Å². The van der Waals surface area contributed by atoms with Crippen molar-refractivity contribution in [3.63, 3.8) is 0 Å². The van der Waals surface area contributed by atoms with Gasteiger partial charge in [-0.25, -0.2) is 5.43 Å². The van der Waals surface area contributed by atoms with E-state index in [1.807, 2.05) is 36.4 Å². The van der Waals surface area contributed by atoms with Crippen molar-refractivity contribution in [2.24, 2.45) is 5.10 Å². The zero-order chi connectivity index (χ0) is 24.2. The minimum absolute atomic E-state index is 0.0339. The number of aromatic amines is 1. The number of thioether (sulfide) groups is 1. The molecule has 0 aliphatic carbocycles. The summed E-state index contributed by atoms with van der Waals surface area (Å²) >= 11 is 13.0. The van der Waals surface area contributed by atoms with Crippen LogP contribution in [0, 0.1) is 0 Å². The molecule has 2 aromatic heterocycles. The molecule has 35 heavy (non-hydrogen) atoms. The smallest absolute Gasteiger partial charge is 0.277 e. The van der Waals surface area contributed by atoms with Gasteiger partial charge in [-0.15, -0.1) is 10.2 Å². The molecule has 5 rings (SSSR count). The first-order chi connectivity index (χ1) is 17.0. The van der Waals surface area contributed by atoms with Crippen molar-refractivity contribution in [3.05, 3.63) is 82.2 Å². The topological polar surface area (TPSA) is 105 Å². The van der Waals surface area contributed by atoms with Crippen LogP contribution in [0.25, 0.3) is 21.8 Å². The zero-order valence-electron chi connectivity index (χ0n) is 18.0. The molecule has 176 valence electrons. The Kier molecular flexibility index (Phi) is 6.89. The summed E-state index contributed by atoms with van der Waals surface area (Å²) in [5.41, 5.74) is 5.50. The molecule has 2 N–H and O–H groups in total. The van der Waals surface area contributed by atoms with E-state index in [4.69, 9.17) is 32.4 Å².